The van der Waals surface area contributed by atoms with Crippen LogP contribution in [0, 0.1) is 0 Å². The van der Waals surface area contributed by atoms with Gasteiger partial charge in [-0.1, -0.05) is 333 Å². The lowest BCUT2D eigenvalue weighted by atomic mass is 9.99. The van der Waals surface area contributed by atoms with Gasteiger partial charge in [0.25, 0.3) is 0 Å². The highest BCUT2D eigenvalue weighted by molar-refractivity contribution is 5.76. The summed E-state index contributed by atoms with van der Waals surface area (Å²) < 4.78 is 16.7. The highest BCUT2D eigenvalue weighted by atomic mass is 16.7. The normalized spacial score (nSPS) is 17.8. The van der Waals surface area contributed by atoms with E-state index in [-0.39, 0.29) is 18.5 Å². The molecule has 6 N–H and O–H groups in total. The van der Waals surface area contributed by atoms with Crippen LogP contribution < -0.4 is 5.32 Å². The van der Waals surface area contributed by atoms with Crippen molar-refractivity contribution in [3.05, 3.63) is 36.5 Å². The van der Waals surface area contributed by atoms with Crippen molar-refractivity contribution in [1.29, 1.82) is 0 Å². The summed E-state index contributed by atoms with van der Waals surface area (Å²) in [5.74, 6) is -0.169. The average molecular weight is 1270 g/mol. The van der Waals surface area contributed by atoms with Crippen molar-refractivity contribution in [2.45, 2.75) is 436 Å². The summed E-state index contributed by atoms with van der Waals surface area (Å²) in [5, 5.41) is 54.4. The molecular weight excluding hydrogens is 1120 g/mol. The third-order valence-electron chi connectivity index (χ3n) is 18.7. The first-order valence-corrected chi connectivity index (χ1v) is 39.3. The Morgan fingerprint density at radius 1 is 0.400 bits per heavy atom. The largest absolute Gasteiger partial charge is 0.466 e. The molecule has 1 heterocycles. The summed E-state index contributed by atoms with van der Waals surface area (Å²) >= 11 is 0. The van der Waals surface area contributed by atoms with Gasteiger partial charge in [-0.15, -0.1) is 0 Å². The van der Waals surface area contributed by atoms with E-state index in [1.807, 2.05) is 6.08 Å². The molecule has 7 atom stereocenters. The second-order valence-corrected chi connectivity index (χ2v) is 27.4. The molecule has 0 aromatic carbocycles. The Balaban J connectivity index is 1.87. The first-order valence-electron chi connectivity index (χ1n) is 39.3. The number of carbonyl (C=O) groups is 2. The SMILES string of the molecule is CCCCCCCC/C=C\CCCCCCCC(=O)OCCCCCCCCCCCCCCCCCC/C=C\CCCCCCCCCCCCCCCCCCCC(=O)NC(COC1OC(CO)C(O)C(O)C1O)C(O)/C=C/CCCCCCCCCC. The number of allylic oxidation sites excluding steroid dienone is 5. The number of rotatable bonds is 70. The molecule has 0 aliphatic carbocycles. The lowest BCUT2D eigenvalue weighted by Crippen LogP contribution is -2.60. The molecule has 530 valence electrons. The third-order valence-corrected chi connectivity index (χ3v) is 18.7. The van der Waals surface area contributed by atoms with Crippen LogP contribution in [0.15, 0.2) is 36.5 Å². The van der Waals surface area contributed by atoms with Gasteiger partial charge in [0.2, 0.25) is 5.91 Å². The minimum absolute atomic E-state index is 0.00783. The molecule has 11 heteroatoms. The zero-order chi connectivity index (χ0) is 65.1. The minimum atomic E-state index is -1.57. The Bertz CT molecular complexity index is 1590. The molecule has 0 spiro atoms. The smallest absolute Gasteiger partial charge is 0.305 e. The van der Waals surface area contributed by atoms with E-state index < -0.39 is 49.5 Å². The van der Waals surface area contributed by atoms with Crippen LogP contribution in [0.3, 0.4) is 0 Å². The summed E-state index contributed by atoms with van der Waals surface area (Å²) in [5.41, 5.74) is 0. The first kappa shape index (κ1) is 85.9. The van der Waals surface area contributed by atoms with E-state index in [2.05, 4.69) is 43.5 Å². The number of ether oxygens (including phenoxy) is 3. The lowest BCUT2D eigenvalue weighted by Gasteiger charge is -2.40. The van der Waals surface area contributed by atoms with Crippen molar-refractivity contribution in [1.82, 2.24) is 5.32 Å². The summed E-state index contributed by atoms with van der Waals surface area (Å²) in [6.45, 7) is 4.36. The quantitative estimate of drug-likeness (QED) is 0.0195. The molecule has 0 aromatic heterocycles. The molecular formula is C79H149NO10. The number of hydrogen-bond donors (Lipinski definition) is 6. The standard InChI is InChI=1S/C79H149NO10/c1-3-5-7-9-11-13-15-16-40-44-47-51-55-59-63-67-75(84)88-68-64-60-56-52-48-45-42-39-37-35-33-31-29-27-25-23-21-19-17-18-20-22-24-26-28-30-32-34-36-38-41-43-46-50-54-58-62-66-74(83)80-71(70-89-79-78(87)77(86)76(85)73(69-81)90-79)72(82)65-61-57-53-49-14-12-10-8-6-4-2/h16-17,19,40,61,65,71-73,76-79,81-82,85-87H,3-15,18,20-39,41-60,62-64,66-70H2,1-2H3,(H,80,83)/b19-17-,40-16-,65-61+. The Morgan fingerprint density at radius 3 is 1.07 bits per heavy atom. The minimum Gasteiger partial charge on any atom is -0.466 e. The maximum absolute atomic E-state index is 13.0. The van der Waals surface area contributed by atoms with Gasteiger partial charge in [-0.05, 0) is 83.5 Å². The second kappa shape index (κ2) is 68.3. The molecule has 1 amide bonds. The summed E-state index contributed by atoms with van der Waals surface area (Å²) in [7, 11) is 0. The van der Waals surface area contributed by atoms with Crippen LogP contribution in [-0.4, -0.2) is 100 Å². The van der Waals surface area contributed by atoms with Crippen molar-refractivity contribution in [2.75, 3.05) is 19.8 Å². The van der Waals surface area contributed by atoms with Crippen LogP contribution in [-0.2, 0) is 23.8 Å². The molecule has 90 heavy (non-hydrogen) atoms. The van der Waals surface area contributed by atoms with Crippen molar-refractivity contribution >= 4 is 11.9 Å². The van der Waals surface area contributed by atoms with Crippen LogP contribution >= 0.6 is 0 Å². The molecule has 0 bridgehead atoms. The van der Waals surface area contributed by atoms with Gasteiger partial charge >= 0.3 is 5.97 Å². The van der Waals surface area contributed by atoms with Crippen molar-refractivity contribution < 1.29 is 49.3 Å². The van der Waals surface area contributed by atoms with E-state index in [0.717, 1.165) is 57.8 Å². The number of nitrogens with one attached hydrogen (secondary N) is 1. The molecule has 1 fully saturated rings. The summed E-state index contributed by atoms with van der Waals surface area (Å²) in [6.07, 6.45) is 79.0. The predicted octanol–water partition coefficient (Wildman–Crippen LogP) is 20.9. The van der Waals surface area contributed by atoms with Crippen LogP contribution in [0.4, 0.5) is 0 Å². The number of esters is 1. The van der Waals surface area contributed by atoms with Gasteiger partial charge in [0, 0.05) is 12.8 Å². The van der Waals surface area contributed by atoms with Crippen LogP contribution in [0.1, 0.15) is 393 Å². The lowest BCUT2D eigenvalue weighted by molar-refractivity contribution is -0.302. The van der Waals surface area contributed by atoms with Gasteiger partial charge in [0.05, 0.1) is 32.0 Å². The van der Waals surface area contributed by atoms with E-state index in [1.165, 1.54) is 308 Å². The monoisotopic (exact) mass is 1270 g/mol. The number of amides is 1. The Hall–Kier alpha value is -2.12. The van der Waals surface area contributed by atoms with Gasteiger partial charge in [0.15, 0.2) is 6.29 Å². The third kappa shape index (κ3) is 56.2. The fourth-order valence-corrected chi connectivity index (χ4v) is 12.5. The maximum atomic E-state index is 13.0. The Morgan fingerprint density at radius 2 is 0.711 bits per heavy atom. The van der Waals surface area contributed by atoms with Crippen LogP contribution in [0.2, 0.25) is 0 Å². The second-order valence-electron chi connectivity index (χ2n) is 27.4. The topological polar surface area (TPSA) is 175 Å². The molecule has 7 unspecified atom stereocenters. The number of hydrogen-bond acceptors (Lipinski definition) is 10. The molecule has 1 saturated heterocycles. The van der Waals surface area contributed by atoms with Gasteiger partial charge in [-0.25, -0.2) is 0 Å². The van der Waals surface area contributed by atoms with E-state index in [4.69, 9.17) is 14.2 Å². The van der Waals surface area contributed by atoms with E-state index in [9.17, 15) is 35.1 Å². The molecule has 11 nitrogen and oxygen atoms in total. The number of aliphatic hydroxyl groups is 5. The van der Waals surface area contributed by atoms with E-state index in [0.29, 0.717) is 19.4 Å². The number of unbranched alkanes of at least 4 members (excludes halogenated alkanes) is 52. The molecule has 1 aliphatic rings. The molecule has 0 aromatic rings. The fraction of sp³-hybridized carbons (Fsp3) is 0.899. The highest BCUT2D eigenvalue weighted by Crippen LogP contribution is 2.24. The average Bonchev–Trinajstić information content (AvgIpc) is 0.997. The van der Waals surface area contributed by atoms with E-state index >= 15 is 0 Å². The van der Waals surface area contributed by atoms with Crippen molar-refractivity contribution in [2.24, 2.45) is 0 Å². The zero-order valence-corrected chi connectivity index (χ0v) is 59.1. The Labute approximate surface area is 555 Å². The number of aliphatic hydroxyl groups excluding tert-OH is 5. The van der Waals surface area contributed by atoms with Crippen molar-refractivity contribution in [3.63, 3.8) is 0 Å². The van der Waals surface area contributed by atoms with Crippen LogP contribution in [0.5, 0.6) is 0 Å². The Kier molecular flexibility index (Phi) is 65.2. The summed E-state index contributed by atoms with van der Waals surface area (Å²) in [4.78, 5) is 25.1. The fourth-order valence-electron chi connectivity index (χ4n) is 12.5. The molecule has 1 rings (SSSR count). The first-order chi connectivity index (χ1) is 44.2. The van der Waals surface area contributed by atoms with Gasteiger partial charge in [-0.3, -0.25) is 9.59 Å². The predicted molar refractivity (Wildman–Crippen MR) is 380 cm³/mol. The van der Waals surface area contributed by atoms with Gasteiger partial charge < -0.3 is 45.1 Å². The molecule has 0 saturated carbocycles. The van der Waals surface area contributed by atoms with Gasteiger partial charge in [0.1, 0.15) is 24.4 Å². The molecule has 0 radical (unpaired) electrons. The van der Waals surface area contributed by atoms with Crippen LogP contribution in [0.25, 0.3) is 0 Å². The summed E-state index contributed by atoms with van der Waals surface area (Å²) in [6, 6.07) is -0.806. The van der Waals surface area contributed by atoms with E-state index in [1.54, 1.807) is 6.08 Å². The van der Waals surface area contributed by atoms with Gasteiger partial charge in [-0.2, -0.15) is 0 Å². The highest BCUT2D eigenvalue weighted by Gasteiger charge is 2.44. The number of carbonyl (C=O) groups excluding carboxylic acids is 2. The van der Waals surface area contributed by atoms with Crippen molar-refractivity contribution in [3.8, 4) is 0 Å². The zero-order valence-electron chi connectivity index (χ0n) is 59.1. The maximum Gasteiger partial charge on any atom is 0.305 e. The molecule has 1 aliphatic heterocycles.